The summed E-state index contributed by atoms with van der Waals surface area (Å²) in [5.74, 6) is 1.27. The van der Waals surface area contributed by atoms with Gasteiger partial charge in [0.05, 0.1) is 11.6 Å². The first-order valence-electron chi connectivity index (χ1n) is 7.29. The Bertz CT molecular complexity index is 493. The fourth-order valence-electron chi connectivity index (χ4n) is 3.56. The molecule has 3 atom stereocenters. The lowest BCUT2D eigenvalue weighted by Gasteiger charge is -2.28. The Morgan fingerprint density at radius 2 is 1.85 bits per heavy atom. The lowest BCUT2D eigenvalue weighted by molar-refractivity contribution is -0.126. The van der Waals surface area contributed by atoms with Crippen molar-refractivity contribution >= 4 is 11.9 Å². The number of likely N-dealkylation sites (tertiary alicyclic amines) is 1. The number of carbonyl (C=O) groups excluding carboxylic acids is 2. The Kier molecular flexibility index (Phi) is 3.28. The van der Waals surface area contributed by atoms with Crippen LogP contribution in [-0.2, 0) is 4.79 Å². The van der Waals surface area contributed by atoms with E-state index >= 15 is 0 Å². The van der Waals surface area contributed by atoms with Gasteiger partial charge in [-0.1, -0.05) is 12.2 Å². The minimum Gasteiger partial charge on any atom is -0.338 e. The van der Waals surface area contributed by atoms with Crippen molar-refractivity contribution in [3.8, 4) is 0 Å². The van der Waals surface area contributed by atoms with E-state index in [0.29, 0.717) is 23.1 Å². The van der Waals surface area contributed by atoms with E-state index in [-0.39, 0.29) is 18.0 Å². The van der Waals surface area contributed by atoms with Crippen LogP contribution in [0.3, 0.4) is 0 Å². The molecule has 0 unspecified atom stereocenters. The molecule has 1 saturated heterocycles. The van der Waals surface area contributed by atoms with E-state index in [1.807, 2.05) is 11.8 Å². The third-order valence-electron chi connectivity index (χ3n) is 4.62. The maximum Gasteiger partial charge on any atom is 0.319 e. The Morgan fingerprint density at radius 1 is 1.25 bits per heavy atom. The molecule has 2 aliphatic heterocycles. The molecule has 1 aliphatic carbocycles. The molecular formula is C15H21N3O2. The van der Waals surface area contributed by atoms with Crippen LogP contribution in [-0.4, -0.2) is 36.0 Å². The highest BCUT2D eigenvalue weighted by molar-refractivity contribution is 5.98. The summed E-state index contributed by atoms with van der Waals surface area (Å²) in [7, 11) is 0. The summed E-state index contributed by atoms with van der Waals surface area (Å²) >= 11 is 0. The van der Waals surface area contributed by atoms with E-state index in [4.69, 9.17) is 0 Å². The second-order valence-corrected chi connectivity index (χ2v) is 6.03. The lowest BCUT2D eigenvalue weighted by atomic mass is 9.86. The van der Waals surface area contributed by atoms with Crippen LogP contribution < -0.4 is 10.6 Å². The fraction of sp³-hybridized carbons (Fsp3) is 0.600. The Morgan fingerprint density at radius 3 is 2.40 bits per heavy atom. The van der Waals surface area contributed by atoms with Gasteiger partial charge in [0, 0.05) is 18.8 Å². The van der Waals surface area contributed by atoms with Crippen LogP contribution in [0.25, 0.3) is 0 Å². The number of nitrogens with one attached hydrogen (secondary N) is 2. The monoisotopic (exact) mass is 275 g/mol. The van der Waals surface area contributed by atoms with Gasteiger partial charge in [-0.2, -0.15) is 0 Å². The average molecular weight is 275 g/mol. The van der Waals surface area contributed by atoms with Crippen LogP contribution in [0.5, 0.6) is 0 Å². The van der Waals surface area contributed by atoms with E-state index < -0.39 is 0 Å². The van der Waals surface area contributed by atoms with Crippen molar-refractivity contribution in [2.45, 2.75) is 32.7 Å². The van der Waals surface area contributed by atoms with E-state index in [9.17, 15) is 9.59 Å². The Labute approximate surface area is 119 Å². The van der Waals surface area contributed by atoms with E-state index in [1.54, 1.807) is 6.92 Å². The molecule has 0 saturated carbocycles. The maximum atomic E-state index is 12.7. The molecule has 0 aromatic heterocycles. The maximum absolute atomic E-state index is 12.7. The number of hydrogen-bond donors (Lipinski definition) is 2. The van der Waals surface area contributed by atoms with Crippen molar-refractivity contribution in [1.29, 1.82) is 0 Å². The third-order valence-corrected chi connectivity index (χ3v) is 4.62. The van der Waals surface area contributed by atoms with Gasteiger partial charge in [-0.05, 0) is 38.5 Å². The van der Waals surface area contributed by atoms with Crippen LogP contribution in [0.2, 0.25) is 0 Å². The number of fused-ring (bicyclic) bond motifs is 1. The summed E-state index contributed by atoms with van der Waals surface area (Å²) in [5.41, 5.74) is 1.37. The van der Waals surface area contributed by atoms with E-state index in [0.717, 1.165) is 25.9 Å². The molecule has 108 valence electrons. The largest absolute Gasteiger partial charge is 0.338 e. The average Bonchev–Trinajstić information content (AvgIpc) is 2.81. The zero-order valence-electron chi connectivity index (χ0n) is 12.0. The molecule has 20 heavy (non-hydrogen) atoms. The first-order chi connectivity index (χ1) is 9.56. The molecule has 0 aromatic carbocycles. The number of rotatable bonds is 1. The standard InChI is InChI=1S/C15H21N3O2/c1-9-13(10(2)17-15(20)16-9)14(19)18-7-11-5-3-4-6-12(11)8-18/h3-4,9,11-12H,5-8H2,1-2H3,(H2,16,17,20)/t9-,11-,12+/m1/s1. The molecule has 3 rings (SSSR count). The highest BCUT2D eigenvalue weighted by atomic mass is 16.2. The number of nitrogens with zero attached hydrogens (tertiary/aromatic N) is 1. The zero-order chi connectivity index (χ0) is 14.3. The molecule has 1 fully saturated rings. The summed E-state index contributed by atoms with van der Waals surface area (Å²) in [6.07, 6.45) is 6.61. The van der Waals surface area contributed by atoms with Crippen LogP contribution in [0.15, 0.2) is 23.4 Å². The van der Waals surface area contributed by atoms with Gasteiger partial charge in [0.2, 0.25) is 0 Å². The highest BCUT2D eigenvalue weighted by Gasteiger charge is 2.38. The summed E-state index contributed by atoms with van der Waals surface area (Å²) in [5, 5.41) is 5.46. The predicted molar refractivity (Wildman–Crippen MR) is 75.8 cm³/mol. The number of amides is 3. The van der Waals surface area contributed by atoms with Crippen molar-refractivity contribution in [3.63, 3.8) is 0 Å². The topological polar surface area (TPSA) is 61.4 Å². The molecule has 5 heteroatoms. The minimum atomic E-state index is -0.231. The highest BCUT2D eigenvalue weighted by Crippen LogP contribution is 2.33. The summed E-state index contributed by atoms with van der Waals surface area (Å²) < 4.78 is 0. The van der Waals surface area contributed by atoms with Crippen LogP contribution in [0.4, 0.5) is 4.79 Å². The van der Waals surface area contributed by atoms with Gasteiger partial charge < -0.3 is 15.5 Å². The van der Waals surface area contributed by atoms with Crippen molar-refractivity contribution in [1.82, 2.24) is 15.5 Å². The number of allylic oxidation sites excluding steroid dienone is 3. The van der Waals surface area contributed by atoms with Gasteiger partial charge >= 0.3 is 6.03 Å². The van der Waals surface area contributed by atoms with E-state index in [1.165, 1.54) is 0 Å². The summed E-state index contributed by atoms with van der Waals surface area (Å²) in [4.78, 5) is 26.1. The molecule has 0 bridgehead atoms. The number of urea groups is 1. The Balaban J connectivity index is 1.77. The third kappa shape index (κ3) is 2.21. The van der Waals surface area contributed by atoms with Crippen molar-refractivity contribution in [2.24, 2.45) is 11.8 Å². The van der Waals surface area contributed by atoms with Crippen LogP contribution in [0.1, 0.15) is 26.7 Å². The molecule has 0 aromatic rings. The van der Waals surface area contributed by atoms with Crippen molar-refractivity contribution < 1.29 is 9.59 Å². The predicted octanol–water partition coefficient (Wildman–Crippen LogP) is 1.39. The molecular weight excluding hydrogens is 254 g/mol. The molecule has 3 aliphatic rings. The van der Waals surface area contributed by atoms with Gasteiger partial charge in [-0.25, -0.2) is 4.79 Å². The quantitative estimate of drug-likeness (QED) is 0.710. The molecule has 2 heterocycles. The second kappa shape index (κ2) is 4.96. The normalized spacial score (nSPS) is 32.8. The van der Waals surface area contributed by atoms with Crippen molar-refractivity contribution in [2.75, 3.05) is 13.1 Å². The van der Waals surface area contributed by atoms with Gasteiger partial charge in [0.25, 0.3) is 5.91 Å². The first kappa shape index (κ1) is 13.2. The van der Waals surface area contributed by atoms with Gasteiger partial charge in [0.15, 0.2) is 0 Å². The van der Waals surface area contributed by atoms with Gasteiger partial charge in [-0.15, -0.1) is 0 Å². The van der Waals surface area contributed by atoms with Crippen LogP contribution >= 0.6 is 0 Å². The number of carbonyl (C=O) groups is 2. The number of hydrogen-bond acceptors (Lipinski definition) is 2. The molecule has 5 nitrogen and oxygen atoms in total. The summed E-state index contributed by atoms with van der Waals surface area (Å²) in [6.45, 7) is 5.34. The van der Waals surface area contributed by atoms with E-state index in [2.05, 4.69) is 22.8 Å². The fourth-order valence-corrected chi connectivity index (χ4v) is 3.56. The Hall–Kier alpha value is -1.78. The lowest BCUT2D eigenvalue weighted by Crippen LogP contribution is -2.50. The van der Waals surface area contributed by atoms with Crippen molar-refractivity contribution in [3.05, 3.63) is 23.4 Å². The SMILES string of the molecule is CC1=C(C(=O)N2C[C@H]3CC=CC[C@H]3C2)[C@@H](C)NC(=O)N1. The smallest absolute Gasteiger partial charge is 0.319 e. The van der Waals surface area contributed by atoms with Crippen LogP contribution in [0, 0.1) is 11.8 Å². The molecule has 0 spiro atoms. The molecule has 3 amide bonds. The minimum absolute atomic E-state index is 0.0666. The summed E-state index contributed by atoms with van der Waals surface area (Å²) in [6, 6.07) is -0.456. The van der Waals surface area contributed by atoms with Gasteiger partial charge in [-0.3, -0.25) is 4.79 Å². The molecule has 2 N–H and O–H groups in total. The zero-order valence-corrected chi connectivity index (χ0v) is 12.0. The van der Waals surface area contributed by atoms with Gasteiger partial charge in [0.1, 0.15) is 0 Å². The first-order valence-corrected chi connectivity index (χ1v) is 7.29. The molecule has 0 radical (unpaired) electrons. The second-order valence-electron chi connectivity index (χ2n) is 6.03.